The number of benzene rings is 2. The number of hydrogen-bond donors (Lipinski definition) is 0. The number of aromatic nitrogens is 2. The van der Waals surface area contributed by atoms with Gasteiger partial charge in [-0.25, -0.2) is 4.98 Å². The Bertz CT molecular complexity index is 1080. The fraction of sp³-hybridized carbons (Fsp3) is 0.519. The van der Waals surface area contributed by atoms with Gasteiger partial charge in [-0.1, -0.05) is 11.6 Å². The highest BCUT2D eigenvalue weighted by molar-refractivity contribution is 6.30. The number of hydrogen-bond acceptors (Lipinski definition) is 3. The van der Waals surface area contributed by atoms with Gasteiger partial charge in [-0.2, -0.15) is 0 Å². The van der Waals surface area contributed by atoms with Crippen molar-refractivity contribution in [3.05, 3.63) is 57.4 Å². The zero-order valence-electron chi connectivity index (χ0n) is 20.2. The summed E-state index contributed by atoms with van der Waals surface area (Å²) in [6, 6.07) is 7.56. The molecule has 5 heteroatoms. The van der Waals surface area contributed by atoms with Gasteiger partial charge in [-0.3, -0.25) is 0 Å². The molecule has 2 heterocycles. The maximum absolute atomic E-state index is 6.12. The molecule has 0 spiro atoms. The minimum Gasteiger partial charge on any atom is -0.486 e. The number of rotatable bonds is 7. The van der Waals surface area contributed by atoms with Gasteiger partial charge in [-0.15, -0.1) is 0 Å². The molecule has 0 radical (unpaired) electrons. The molecular formula is C27H36ClN3O. The second kappa shape index (κ2) is 9.84. The molecule has 1 aliphatic rings. The smallest absolute Gasteiger partial charge is 0.148 e. The Kier molecular flexibility index (Phi) is 7.11. The summed E-state index contributed by atoms with van der Waals surface area (Å²) in [5.41, 5.74) is 7.74. The minimum absolute atomic E-state index is 0.460. The number of piperidine rings is 1. The van der Waals surface area contributed by atoms with Crippen molar-refractivity contribution in [2.45, 2.75) is 66.5 Å². The first-order valence-corrected chi connectivity index (χ1v) is 12.2. The quantitative estimate of drug-likeness (QED) is 0.402. The summed E-state index contributed by atoms with van der Waals surface area (Å²) in [6.45, 7) is 12.8. The first-order valence-electron chi connectivity index (χ1n) is 11.9. The van der Waals surface area contributed by atoms with Gasteiger partial charge in [0.25, 0.3) is 0 Å². The van der Waals surface area contributed by atoms with Gasteiger partial charge < -0.3 is 14.2 Å². The molecule has 0 aliphatic carbocycles. The highest BCUT2D eigenvalue weighted by Gasteiger charge is 2.20. The molecular weight excluding hydrogens is 418 g/mol. The van der Waals surface area contributed by atoms with Crippen molar-refractivity contribution < 1.29 is 4.74 Å². The van der Waals surface area contributed by atoms with Crippen molar-refractivity contribution in [2.24, 2.45) is 5.92 Å². The number of nitrogens with zero attached hydrogens (tertiary/aromatic N) is 3. The van der Waals surface area contributed by atoms with Gasteiger partial charge in [0.05, 0.1) is 11.0 Å². The van der Waals surface area contributed by atoms with Crippen molar-refractivity contribution in [1.29, 1.82) is 0 Å². The first kappa shape index (κ1) is 23.1. The lowest BCUT2D eigenvalue weighted by Gasteiger charge is -2.29. The van der Waals surface area contributed by atoms with Crippen molar-refractivity contribution in [2.75, 3.05) is 20.1 Å². The Hall–Kier alpha value is -2.04. The van der Waals surface area contributed by atoms with Gasteiger partial charge in [0.1, 0.15) is 18.2 Å². The zero-order chi connectivity index (χ0) is 22.8. The predicted molar refractivity (Wildman–Crippen MR) is 134 cm³/mol. The number of ether oxygens (including phenoxy) is 1. The van der Waals surface area contributed by atoms with Gasteiger partial charge in [0.2, 0.25) is 0 Å². The van der Waals surface area contributed by atoms with E-state index in [0.717, 1.165) is 34.6 Å². The monoisotopic (exact) mass is 453 g/mol. The van der Waals surface area contributed by atoms with E-state index in [-0.39, 0.29) is 0 Å². The lowest BCUT2D eigenvalue weighted by atomic mass is 9.92. The van der Waals surface area contributed by atoms with Gasteiger partial charge in [0.15, 0.2) is 0 Å². The van der Waals surface area contributed by atoms with Crippen LogP contribution in [0.4, 0.5) is 0 Å². The van der Waals surface area contributed by atoms with E-state index in [4.69, 9.17) is 21.3 Å². The van der Waals surface area contributed by atoms with E-state index in [1.54, 1.807) is 0 Å². The minimum atomic E-state index is 0.460. The van der Waals surface area contributed by atoms with E-state index in [1.165, 1.54) is 66.5 Å². The average molecular weight is 454 g/mol. The molecule has 1 fully saturated rings. The van der Waals surface area contributed by atoms with Crippen molar-refractivity contribution in [3.63, 3.8) is 0 Å². The van der Waals surface area contributed by atoms with Gasteiger partial charge >= 0.3 is 0 Å². The number of fused-ring (bicyclic) bond motifs is 1. The summed E-state index contributed by atoms with van der Waals surface area (Å²) in [4.78, 5) is 7.54. The SMILES string of the molecule is Cc1c(C)c(C)c2c(nc(COc3ccc(Cl)cc3)n2CCCC2CCN(C)CC2)c1C. The Balaban J connectivity index is 1.59. The third kappa shape index (κ3) is 4.82. The molecule has 0 saturated carbocycles. The molecule has 0 amide bonds. The third-order valence-corrected chi connectivity index (χ3v) is 7.71. The summed E-state index contributed by atoms with van der Waals surface area (Å²) in [6.07, 6.45) is 5.11. The van der Waals surface area contributed by atoms with Crippen LogP contribution < -0.4 is 4.74 Å². The van der Waals surface area contributed by atoms with Gasteiger partial charge in [-0.05, 0) is 126 Å². The Labute approximate surface area is 197 Å². The molecule has 0 atom stereocenters. The van der Waals surface area contributed by atoms with E-state index in [1.807, 2.05) is 24.3 Å². The van der Waals surface area contributed by atoms with Crippen LogP contribution in [0.25, 0.3) is 11.0 Å². The molecule has 1 aliphatic heterocycles. The normalized spacial score (nSPS) is 15.6. The standard InChI is InChI=1S/C27H36ClN3O/c1-18-19(2)21(4)27-26(20(18)3)29-25(17-32-24-10-8-23(28)9-11-24)31(27)14-6-7-22-12-15-30(5)16-13-22/h8-11,22H,6-7,12-17H2,1-5H3. The highest BCUT2D eigenvalue weighted by Crippen LogP contribution is 2.31. The summed E-state index contributed by atoms with van der Waals surface area (Å²) in [7, 11) is 2.23. The van der Waals surface area contributed by atoms with E-state index in [0.29, 0.717) is 6.61 Å². The molecule has 0 N–H and O–H groups in total. The molecule has 0 bridgehead atoms. The van der Waals surface area contributed by atoms with Gasteiger partial charge in [0, 0.05) is 11.6 Å². The van der Waals surface area contributed by atoms with Crippen LogP contribution in [0.5, 0.6) is 5.75 Å². The van der Waals surface area contributed by atoms with Crippen LogP contribution in [0, 0.1) is 33.6 Å². The van der Waals surface area contributed by atoms with Crippen LogP contribution in [0.2, 0.25) is 5.02 Å². The Morgan fingerprint density at radius 1 is 0.969 bits per heavy atom. The van der Waals surface area contributed by atoms with E-state index >= 15 is 0 Å². The summed E-state index contributed by atoms with van der Waals surface area (Å²) >= 11 is 6.03. The van der Waals surface area contributed by atoms with Crippen LogP contribution in [0.1, 0.15) is 53.8 Å². The van der Waals surface area contributed by atoms with Crippen LogP contribution in [-0.4, -0.2) is 34.6 Å². The number of likely N-dealkylation sites (tertiary alicyclic amines) is 1. The van der Waals surface area contributed by atoms with Crippen LogP contribution in [0.3, 0.4) is 0 Å². The molecule has 1 aromatic heterocycles. The molecule has 4 rings (SSSR count). The Morgan fingerprint density at radius 2 is 1.62 bits per heavy atom. The lowest BCUT2D eigenvalue weighted by Crippen LogP contribution is -2.30. The van der Waals surface area contributed by atoms with Crippen molar-refractivity contribution in [1.82, 2.24) is 14.5 Å². The molecule has 2 aromatic carbocycles. The number of imidazole rings is 1. The second-order valence-electron chi connectivity index (χ2n) is 9.51. The first-order chi connectivity index (χ1) is 15.3. The maximum atomic E-state index is 6.12. The zero-order valence-corrected chi connectivity index (χ0v) is 20.9. The average Bonchev–Trinajstić information content (AvgIpc) is 3.16. The fourth-order valence-electron chi connectivity index (χ4n) is 4.98. The lowest BCUT2D eigenvalue weighted by molar-refractivity contribution is 0.208. The highest BCUT2D eigenvalue weighted by atomic mass is 35.5. The fourth-order valence-corrected chi connectivity index (χ4v) is 5.10. The third-order valence-electron chi connectivity index (χ3n) is 7.46. The largest absolute Gasteiger partial charge is 0.486 e. The number of halogens is 1. The topological polar surface area (TPSA) is 30.3 Å². The summed E-state index contributed by atoms with van der Waals surface area (Å²) < 4.78 is 8.54. The van der Waals surface area contributed by atoms with Crippen LogP contribution in [-0.2, 0) is 13.2 Å². The number of aryl methyl sites for hydroxylation is 3. The molecule has 32 heavy (non-hydrogen) atoms. The summed E-state index contributed by atoms with van der Waals surface area (Å²) in [5, 5.41) is 0.718. The molecule has 4 nitrogen and oxygen atoms in total. The van der Waals surface area contributed by atoms with Crippen LogP contribution in [0.15, 0.2) is 24.3 Å². The molecule has 0 unspecified atom stereocenters. The summed E-state index contributed by atoms with van der Waals surface area (Å²) in [5.74, 6) is 2.68. The van der Waals surface area contributed by atoms with E-state index in [2.05, 4.69) is 44.2 Å². The molecule has 3 aromatic rings. The van der Waals surface area contributed by atoms with E-state index in [9.17, 15) is 0 Å². The Morgan fingerprint density at radius 3 is 2.31 bits per heavy atom. The van der Waals surface area contributed by atoms with E-state index < -0.39 is 0 Å². The molecule has 172 valence electrons. The van der Waals surface area contributed by atoms with Crippen LogP contribution >= 0.6 is 11.6 Å². The maximum Gasteiger partial charge on any atom is 0.148 e. The molecule has 1 saturated heterocycles. The predicted octanol–water partition coefficient (Wildman–Crippen LogP) is 6.62. The van der Waals surface area contributed by atoms with Crippen molar-refractivity contribution >= 4 is 22.6 Å². The van der Waals surface area contributed by atoms with Crippen molar-refractivity contribution in [3.8, 4) is 5.75 Å². The second-order valence-corrected chi connectivity index (χ2v) is 9.94.